The molecule has 1 atom stereocenters. The number of nitrogens with zero attached hydrogens (tertiary/aromatic N) is 2. The van der Waals surface area contributed by atoms with Crippen LogP contribution in [-0.2, 0) is 20.7 Å². The molecule has 5 nitrogen and oxygen atoms in total. The van der Waals surface area contributed by atoms with Crippen molar-refractivity contribution in [1.82, 2.24) is 9.80 Å². The maximum atomic E-state index is 13.2. The maximum absolute atomic E-state index is 13.2. The Labute approximate surface area is 159 Å². The summed E-state index contributed by atoms with van der Waals surface area (Å²) < 4.78 is 18.7. The number of carbonyl (C=O) groups excluding carboxylic acids is 2. The van der Waals surface area contributed by atoms with Crippen LogP contribution in [0.4, 0.5) is 4.39 Å². The zero-order valence-electron chi connectivity index (χ0n) is 15.7. The molecule has 0 aromatic heterocycles. The number of hydrogen-bond acceptors (Lipinski definition) is 3. The second-order valence-corrected chi connectivity index (χ2v) is 8.14. The molecule has 0 unspecified atom stereocenters. The first-order chi connectivity index (χ1) is 13.1. The molecule has 0 saturated carbocycles. The molecule has 0 N–H and O–H groups in total. The molecule has 3 heterocycles. The minimum Gasteiger partial charge on any atom is -0.381 e. The molecule has 3 aliphatic rings. The van der Waals surface area contributed by atoms with E-state index in [2.05, 4.69) is 0 Å². The average Bonchev–Trinajstić information content (AvgIpc) is 3.33. The predicted molar refractivity (Wildman–Crippen MR) is 98.5 cm³/mol. The van der Waals surface area contributed by atoms with E-state index in [1.807, 2.05) is 9.80 Å². The SMILES string of the molecule is O=C(Cc1ccc(F)cc1)N1C[C@H](C(=O)N2CCCC2)C2(CCOCC2)C1. The highest BCUT2D eigenvalue weighted by Crippen LogP contribution is 2.45. The molecule has 3 aliphatic heterocycles. The van der Waals surface area contributed by atoms with Crippen molar-refractivity contribution < 1.29 is 18.7 Å². The lowest BCUT2D eigenvalue weighted by Crippen LogP contribution is -2.45. The Morgan fingerprint density at radius 3 is 2.41 bits per heavy atom. The lowest BCUT2D eigenvalue weighted by molar-refractivity contribution is -0.139. The normalized spacial score (nSPS) is 24.6. The van der Waals surface area contributed by atoms with Gasteiger partial charge in [0.2, 0.25) is 11.8 Å². The number of hydrogen-bond donors (Lipinski definition) is 0. The Hall–Kier alpha value is -1.95. The number of carbonyl (C=O) groups is 2. The first-order valence-electron chi connectivity index (χ1n) is 9.96. The molecule has 1 aromatic rings. The summed E-state index contributed by atoms with van der Waals surface area (Å²) in [6.07, 6.45) is 4.05. The summed E-state index contributed by atoms with van der Waals surface area (Å²) in [4.78, 5) is 29.9. The monoisotopic (exact) mass is 374 g/mol. The molecular weight excluding hydrogens is 347 g/mol. The van der Waals surface area contributed by atoms with Crippen molar-refractivity contribution in [2.75, 3.05) is 39.4 Å². The van der Waals surface area contributed by atoms with Crippen LogP contribution in [0, 0.1) is 17.2 Å². The van der Waals surface area contributed by atoms with E-state index in [0.29, 0.717) is 26.3 Å². The Morgan fingerprint density at radius 2 is 1.74 bits per heavy atom. The van der Waals surface area contributed by atoms with Crippen molar-refractivity contribution in [2.45, 2.75) is 32.1 Å². The van der Waals surface area contributed by atoms with E-state index in [1.165, 1.54) is 12.1 Å². The van der Waals surface area contributed by atoms with Crippen molar-refractivity contribution >= 4 is 11.8 Å². The summed E-state index contributed by atoms with van der Waals surface area (Å²) in [6.45, 7) is 4.11. The van der Waals surface area contributed by atoms with E-state index in [1.54, 1.807) is 12.1 Å². The van der Waals surface area contributed by atoms with Crippen molar-refractivity contribution in [3.8, 4) is 0 Å². The van der Waals surface area contributed by atoms with Crippen molar-refractivity contribution in [1.29, 1.82) is 0 Å². The van der Waals surface area contributed by atoms with Gasteiger partial charge in [-0.1, -0.05) is 12.1 Å². The highest BCUT2D eigenvalue weighted by Gasteiger charge is 2.52. The van der Waals surface area contributed by atoms with Gasteiger partial charge in [0.05, 0.1) is 12.3 Å². The first kappa shape index (κ1) is 18.4. The first-order valence-corrected chi connectivity index (χ1v) is 9.96. The Balaban J connectivity index is 1.50. The fourth-order valence-electron chi connectivity index (χ4n) is 4.83. The van der Waals surface area contributed by atoms with Crippen LogP contribution in [0.1, 0.15) is 31.2 Å². The number of halogens is 1. The smallest absolute Gasteiger partial charge is 0.228 e. The predicted octanol–water partition coefficient (Wildman–Crippen LogP) is 2.25. The van der Waals surface area contributed by atoms with Crippen LogP contribution in [0.15, 0.2) is 24.3 Å². The Bertz CT molecular complexity index is 694. The van der Waals surface area contributed by atoms with Crippen LogP contribution in [0.3, 0.4) is 0 Å². The highest BCUT2D eigenvalue weighted by atomic mass is 19.1. The van der Waals surface area contributed by atoms with Crippen LogP contribution in [0.5, 0.6) is 0 Å². The number of rotatable bonds is 3. The van der Waals surface area contributed by atoms with Crippen LogP contribution in [0.2, 0.25) is 0 Å². The minimum absolute atomic E-state index is 0.0178. The van der Waals surface area contributed by atoms with Crippen LogP contribution in [-0.4, -0.2) is 61.0 Å². The summed E-state index contributed by atoms with van der Waals surface area (Å²) in [5.41, 5.74) is 0.646. The van der Waals surface area contributed by atoms with Crippen LogP contribution < -0.4 is 0 Å². The van der Waals surface area contributed by atoms with Gasteiger partial charge in [0, 0.05) is 44.8 Å². The molecule has 0 aliphatic carbocycles. The molecule has 6 heteroatoms. The minimum atomic E-state index is -0.301. The Morgan fingerprint density at radius 1 is 1.07 bits per heavy atom. The molecule has 3 fully saturated rings. The molecule has 146 valence electrons. The van der Waals surface area contributed by atoms with Crippen molar-refractivity contribution in [3.05, 3.63) is 35.6 Å². The van der Waals surface area contributed by atoms with Gasteiger partial charge >= 0.3 is 0 Å². The largest absolute Gasteiger partial charge is 0.381 e. The van der Waals surface area contributed by atoms with Gasteiger partial charge in [0.25, 0.3) is 0 Å². The highest BCUT2D eigenvalue weighted by molar-refractivity contribution is 5.84. The molecule has 4 rings (SSSR count). The lowest BCUT2D eigenvalue weighted by Gasteiger charge is -2.38. The van der Waals surface area contributed by atoms with Crippen molar-refractivity contribution in [2.24, 2.45) is 11.3 Å². The molecular formula is C21H27FN2O3. The molecule has 0 radical (unpaired) electrons. The van der Waals surface area contributed by atoms with Gasteiger partial charge in [0.15, 0.2) is 0 Å². The van der Waals surface area contributed by atoms with Crippen molar-refractivity contribution in [3.63, 3.8) is 0 Å². The van der Waals surface area contributed by atoms with Gasteiger partial charge in [-0.25, -0.2) is 4.39 Å². The molecule has 27 heavy (non-hydrogen) atoms. The topological polar surface area (TPSA) is 49.9 Å². The second-order valence-electron chi connectivity index (χ2n) is 8.14. The van der Waals surface area contributed by atoms with E-state index >= 15 is 0 Å². The van der Waals surface area contributed by atoms with E-state index in [9.17, 15) is 14.0 Å². The van der Waals surface area contributed by atoms with E-state index in [4.69, 9.17) is 4.74 Å². The molecule has 0 bridgehead atoms. The molecule has 1 spiro atoms. The summed E-state index contributed by atoms with van der Waals surface area (Å²) in [7, 11) is 0. The van der Waals surface area contributed by atoms with Gasteiger partial charge < -0.3 is 14.5 Å². The lowest BCUT2D eigenvalue weighted by atomic mass is 9.71. The molecule has 3 saturated heterocycles. The van der Waals surface area contributed by atoms with E-state index < -0.39 is 0 Å². The van der Waals surface area contributed by atoms with E-state index in [-0.39, 0.29) is 35.4 Å². The van der Waals surface area contributed by atoms with Gasteiger partial charge in [-0.3, -0.25) is 9.59 Å². The zero-order chi connectivity index (χ0) is 18.9. The summed E-state index contributed by atoms with van der Waals surface area (Å²) >= 11 is 0. The third kappa shape index (κ3) is 3.72. The number of likely N-dealkylation sites (tertiary alicyclic amines) is 2. The van der Waals surface area contributed by atoms with Gasteiger partial charge in [-0.05, 0) is 43.4 Å². The zero-order valence-corrected chi connectivity index (χ0v) is 15.7. The Kier molecular flexibility index (Phi) is 5.17. The number of amides is 2. The second kappa shape index (κ2) is 7.58. The fraction of sp³-hybridized carbons (Fsp3) is 0.619. The van der Waals surface area contributed by atoms with Gasteiger partial charge in [0.1, 0.15) is 5.82 Å². The van der Waals surface area contributed by atoms with E-state index in [0.717, 1.165) is 44.3 Å². The third-order valence-electron chi connectivity index (χ3n) is 6.47. The standard InChI is InChI=1S/C21H27FN2O3/c22-17-5-3-16(4-6-17)13-19(25)24-14-18(20(26)23-9-1-2-10-23)21(15-24)7-11-27-12-8-21/h3-6,18H,1-2,7-15H2/t18-/m1/s1. The average molecular weight is 374 g/mol. The third-order valence-corrected chi connectivity index (χ3v) is 6.47. The maximum Gasteiger partial charge on any atom is 0.228 e. The number of ether oxygens (including phenoxy) is 1. The quantitative estimate of drug-likeness (QED) is 0.815. The molecule has 2 amide bonds. The van der Waals surface area contributed by atoms with Gasteiger partial charge in [-0.15, -0.1) is 0 Å². The summed E-state index contributed by atoms with van der Waals surface area (Å²) in [5.74, 6) is -0.197. The van der Waals surface area contributed by atoms with Crippen LogP contribution >= 0.6 is 0 Å². The summed E-state index contributed by atoms with van der Waals surface area (Å²) in [5, 5.41) is 0. The molecule has 1 aromatic carbocycles. The fourth-order valence-corrected chi connectivity index (χ4v) is 4.83. The summed E-state index contributed by atoms with van der Waals surface area (Å²) in [6, 6.07) is 6.07. The van der Waals surface area contributed by atoms with Crippen LogP contribution in [0.25, 0.3) is 0 Å². The number of benzene rings is 1. The van der Waals surface area contributed by atoms with Gasteiger partial charge in [-0.2, -0.15) is 0 Å².